The SMILES string of the molecule is CC(Oc1cccc(C(C)(C)C)c1)C(=O)N1CCCN(C(=O)c2ccccc2)CC1. The average Bonchev–Trinajstić information content (AvgIpc) is 2.99. The number of hydrogen-bond acceptors (Lipinski definition) is 3. The van der Waals surface area contributed by atoms with Gasteiger partial charge in [0.05, 0.1) is 0 Å². The maximum atomic E-state index is 13.0. The summed E-state index contributed by atoms with van der Waals surface area (Å²) >= 11 is 0. The molecule has 30 heavy (non-hydrogen) atoms. The summed E-state index contributed by atoms with van der Waals surface area (Å²) in [6.45, 7) is 10.6. The summed E-state index contributed by atoms with van der Waals surface area (Å²) in [5.41, 5.74) is 1.88. The van der Waals surface area contributed by atoms with Crippen LogP contribution in [0.15, 0.2) is 54.6 Å². The van der Waals surface area contributed by atoms with Gasteiger partial charge < -0.3 is 14.5 Å². The number of nitrogens with zero attached hydrogens (tertiary/aromatic N) is 2. The maximum absolute atomic E-state index is 13.0. The summed E-state index contributed by atoms with van der Waals surface area (Å²) in [5.74, 6) is 0.692. The van der Waals surface area contributed by atoms with Crippen LogP contribution < -0.4 is 4.74 Å². The van der Waals surface area contributed by atoms with Gasteiger partial charge in [0.15, 0.2) is 6.10 Å². The van der Waals surface area contributed by atoms with Crippen LogP contribution in [-0.2, 0) is 10.2 Å². The van der Waals surface area contributed by atoms with E-state index in [2.05, 4.69) is 26.8 Å². The van der Waals surface area contributed by atoms with E-state index >= 15 is 0 Å². The standard InChI is InChI=1S/C25H32N2O3/c1-19(30-22-13-8-12-21(18-22)25(2,3)4)23(28)26-14-9-15-27(17-16-26)24(29)20-10-6-5-7-11-20/h5-8,10-13,18-19H,9,14-17H2,1-4H3. The van der Waals surface area contributed by atoms with Crippen molar-refractivity contribution in [1.29, 1.82) is 0 Å². The van der Waals surface area contributed by atoms with Gasteiger partial charge in [-0.2, -0.15) is 0 Å². The highest BCUT2D eigenvalue weighted by Gasteiger charge is 2.26. The molecule has 0 aliphatic carbocycles. The van der Waals surface area contributed by atoms with Crippen molar-refractivity contribution in [2.45, 2.75) is 45.6 Å². The predicted molar refractivity (Wildman–Crippen MR) is 119 cm³/mol. The molecule has 0 N–H and O–H groups in total. The molecule has 0 radical (unpaired) electrons. The van der Waals surface area contributed by atoms with Crippen molar-refractivity contribution in [3.63, 3.8) is 0 Å². The molecule has 0 saturated carbocycles. The van der Waals surface area contributed by atoms with E-state index in [1.54, 1.807) is 6.92 Å². The molecule has 0 bridgehead atoms. The first-order valence-corrected chi connectivity index (χ1v) is 10.7. The second-order valence-electron chi connectivity index (χ2n) is 8.87. The first-order chi connectivity index (χ1) is 14.3. The molecule has 1 atom stereocenters. The van der Waals surface area contributed by atoms with Crippen LogP contribution >= 0.6 is 0 Å². The molecule has 1 heterocycles. The Morgan fingerprint density at radius 2 is 1.57 bits per heavy atom. The van der Waals surface area contributed by atoms with Crippen molar-refractivity contribution in [2.75, 3.05) is 26.2 Å². The lowest BCUT2D eigenvalue weighted by molar-refractivity contribution is -0.137. The molecule has 3 rings (SSSR count). The molecule has 0 spiro atoms. The lowest BCUT2D eigenvalue weighted by atomic mass is 9.87. The first kappa shape index (κ1) is 21.9. The molecule has 160 valence electrons. The summed E-state index contributed by atoms with van der Waals surface area (Å²) in [4.78, 5) is 29.3. The van der Waals surface area contributed by atoms with Crippen molar-refractivity contribution >= 4 is 11.8 Å². The van der Waals surface area contributed by atoms with Crippen molar-refractivity contribution < 1.29 is 14.3 Å². The van der Waals surface area contributed by atoms with Gasteiger partial charge in [-0.25, -0.2) is 0 Å². The van der Waals surface area contributed by atoms with E-state index in [1.807, 2.05) is 58.3 Å². The Bertz CT molecular complexity index is 873. The van der Waals surface area contributed by atoms with Crippen LogP contribution in [-0.4, -0.2) is 53.9 Å². The van der Waals surface area contributed by atoms with Gasteiger partial charge in [0.1, 0.15) is 5.75 Å². The fourth-order valence-electron chi connectivity index (χ4n) is 3.65. The van der Waals surface area contributed by atoms with E-state index < -0.39 is 6.10 Å². The molecule has 5 nitrogen and oxygen atoms in total. The molecule has 1 fully saturated rings. The van der Waals surface area contributed by atoms with E-state index in [0.717, 1.165) is 6.42 Å². The van der Waals surface area contributed by atoms with Gasteiger partial charge in [-0.05, 0) is 48.6 Å². The highest BCUT2D eigenvalue weighted by molar-refractivity contribution is 5.94. The smallest absolute Gasteiger partial charge is 0.263 e. The Kier molecular flexibility index (Phi) is 6.80. The molecule has 1 unspecified atom stereocenters. The van der Waals surface area contributed by atoms with Crippen LogP contribution in [0, 0.1) is 0 Å². The molecule has 1 aliphatic rings. The molecule has 1 saturated heterocycles. The monoisotopic (exact) mass is 408 g/mol. The highest BCUT2D eigenvalue weighted by atomic mass is 16.5. The lowest BCUT2D eigenvalue weighted by Crippen LogP contribution is -2.43. The summed E-state index contributed by atoms with van der Waals surface area (Å²) in [5, 5.41) is 0. The Labute approximate surface area is 179 Å². The molecule has 2 aromatic carbocycles. The zero-order valence-electron chi connectivity index (χ0n) is 18.4. The lowest BCUT2D eigenvalue weighted by Gasteiger charge is -2.26. The molecule has 5 heteroatoms. The van der Waals surface area contributed by atoms with E-state index in [9.17, 15) is 9.59 Å². The third-order valence-electron chi connectivity index (χ3n) is 5.48. The third-order valence-corrected chi connectivity index (χ3v) is 5.48. The molecular formula is C25H32N2O3. The van der Waals surface area contributed by atoms with Gasteiger partial charge in [-0.3, -0.25) is 9.59 Å². The fourth-order valence-corrected chi connectivity index (χ4v) is 3.65. The molecule has 2 aromatic rings. The minimum absolute atomic E-state index is 0.0200. The fraction of sp³-hybridized carbons (Fsp3) is 0.440. The Balaban J connectivity index is 1.60. The van der Waals surface area contributed by atoms with Crippen LogP contribution in [0.25, 0.3) is 0 Å². The van der Waals surface area contributed by atoms with Gasteiger partial charge in [0, 0.05) is 31.7 Å². The summed E-state index contributed by atoms with van der Waals surface area (Å²) in [7, 11) is 0. The van der Waals surface area contributed by atoms with Gasteiger partial charge >= 0.3 is 0 Å². The number of carbonyl (C=O) groups excluding carboxylic acids is 2. The van der Waals surface area contributed by atoms with Crippen molar-refractivity contribution in [2.24, 2.45) is 0 Å². The van der Waals surface area contributed by atoms with Crippen LogP contribution in [0.4, 0.5) is 0 Å². The maximum Gasteiger partial charge on any atom is 0.263 e. The highest BCUT2D eigenvalue weighted by Crippen LogP contribution is 2.26. The topological polar surface area (TPSA) is 49.9 Å². The van der Waals surface area contributed by atoms with E-state index in [4.69, 9.17) is 4.74 Å². The second kappa shape index (κ2) is 9.33. The zero-order valence-corrected chi connectivity index (χ0v) is 18.4. The van der Waals surface area contributed by atoms with Crippen molar-refractivity contribution in [3.8, 4) is 5.75 Å². The molecule has 2 amide bonds. The second-order valence-corrected chi connectivity index (χ2v) is 8.87. The van der Waals surface area contributed by atoms with E-state index in [-0.39, 0.29) is 17.2 Å². The number of rotatable bonds is 4. The van der Waals surface area contributed by atoms with E-state index in [0.29, 0.717) is 37.5 Å². The molecule has 1 aliphatic heterocycles. The van der Waals surface area contributed by atoms with Crippen LogP contribution in [0.1, 0.15) is 50.0 Å². The quantitative estimate of drug-likeness (QED) is 0.764. The van der Waals surface area contributed by atoms with Gasteiger partial charge in [-0.1, -0.05) is 51.1 Å². The third kappa shape index (κ3) is 5.41. The first-order valence-electron chi connectivity index (χ1n) is 10.7. The summed E-state index contributed by atoms with van der Waals surface area (Å²) < 4.78 is 5.98. The summed E-state index contributed by atoms with van der Waals surface area (Å²) in [6, 6.07) is 17.2. The molecular weight excluding hydrogens is 376 g/mol. The number of hydrogen-bond donors (Lipinski definition) is 0. The van der Waals surface area contributed by atoms with Gasteiger partial charge in [0.2, 0.25) is 0 Å². The van der Waals surface area contributed by atoms with Crippen molar-refractivity contribution in [1.82, 2.24) is 9.80 Å². The minimum Gasteiger partial charge on any atom is -0.481 e. The van der Waals surface area contributed by atoms with Crippen LogP contribution in [0.5, 0.6) is 5.75 Å². The largest absolute Gasteiger partial charge is 0.481 e. The van der Waals surface area contributed by atoms with Gasteiger partial charge in [-0.15, -0.1) is 0 Å². The molecule has 0 aromatic heterocycles. The van der Waals surface area contributed by atoms with Crippen LogP contribution in [0.3, 0.4) is 0 Å². The number of benzene rings is 2. The Morgan fingerprint density at radius 1 is 0.900 bits per heavy atom. The summed E-state index contributed by atoms with van der Waals surface area (Å²) in [6.07, 6.45) is 0.188. The normalized spacial score (nSPS) is 16.0. The van der Waals surface area contributed by atoms with Crippen molar-refractivity contribution in [3.05, 3.63) is 65.7 Å². The minimum atomic E-state index is -0.573. The Morgan fingerprint density at radius 3 is 2.27 bits per heavy atom. The number of carbonyl (C=O) groups is 2. The van der Waals surface area contributed by atoms with E-state index in [1.165, 1.54) is 5.56 Å². The average molecular weight is 409 g/mol. The number of amides is 2. The van der Waals surface area contributed by atoms with Gasteiger partial charge in [0.25, 0.3) is 11.8 Å². The predicted octanol–water partition coefficient (Wildman–Crippen LogP) is 4.13. The Hall–Kier alpha value is -2.82. The van der Waals surface area contributed by atoms with Crippen LogP contribution in [0.2, 0.25) is 0 Å². The zero-order chi connectivity index (χ0) is 21.7. The number of ether oxygens (including phenoxy) is 1.